The second-order valence-electron chi connectivity index (χ2n) is 6.58. The number of nitrogens with zero attached hydrogens (tertiary/aromatic N) is 2. The summed E-state index contributed by atoms with van der Waals surface area (Å²) >= 11 is 3.46. The maximum atomic E-state index is 12.5. The van der Waals surface area contributed by atoms with Gasteiger partial charge in [0.05, 0.1) is 11.6 Å². The lowest BCUT2D eigenvalue weighted by Crippen LogP contribution is -2.03. The van der Waals surface area contributed by atoms with Crippen molar-refractivity contribution in [2.24, 2.45) is 0 Å². The van der Waals surface area contributed by atoms with Crippen LogP contribution in [-0.2, 0) is 6.61 Å². The molecule has 4 aromatic rings. The van der Waals surface area contributed by atoms with Crippen LogP contribution in [-0.4, -0.2) is 23.9 Å². The predicted octanol–water partition coefficient (Wildman–Crippen LogP) is 6.36. The molecule has 0 amide bonds. The lowest BCUT2D eigenvalue weighted by Gasteiger charge is -2.10. The van der Waals surface area contributed by atoms with Crippen molar-refractivity contribution in [2.45, 2.75) is 13.2 Å². The number of methoxy groups -OCH3 is 1. The maximum Gasteiger partial charge on any atom is 0.387 e. The Morgan fingerprint density at radius 3 is 2.34 bits per heavy atom. The summed E-state index contributed by atoms with van der Waals surface area (Å²) in [5.74, 6) is 1.33. The van der Waals surface area contributed by atoms with Gasteiger partial charge in [0, 0.05) is 11.1 Å². The zero-order valence-electron chi connectivity index (χ0n) is 16.8. The summed E-state index contributed by atoms with van der Waals surface area (Å²) in [7, 11) is 1.36. The highest BCUT2D eigenvalue weighted by molar-refractivity contribution is 9.10. The average Bonchev–Trinajstić information content (AvgIpc) is 3.29. The minimum absolute atomic E-state index is 0.0799. The minimum atomic E-state index is -2.95. The molecule has 0 radical (unpaired) electrons. The van der Waals surface area contributed by atoms with Crippen molar-refractivity contribution >= 4 is 15.9 Å². The molecule has 1 heterocycles. The molecule has 0 saturated heterocycles. The van der Waals surface area contributed by atoms with E-state index in [1.165, 1.54) is 19.2 Å². The third-order valence-corrected chi connectivity index (χ3v) is 5.11. The van der Waals surface area contributed by atoms with E-state index in [1.807, 2.05) is 48.5 Å². The van der Waals surface area contributed by atoms with Crippen LogP contribution in [0.3, 0.4) is 0 Å². The molecular weight excluding hydrogens is 486 g/mol. The first-order valence-electron chi connectivity index (χ1n) is 9.47. The molecule has 0 bridgehead atoms. The second kappa shape index (κ2) is 9.78. The minimum Gasteiger partial charge on any atom is -0.493 e. The average molecular weight is 503 g/mol. The van der Waals surface area contributed by atoms with Crippen molar-refractivity contribution in [2.75, 3.05) is 7.11 Å². The summed E-state index contributed by atoms with van der Waals surface area (Å²) in [5, 5.41) is 8.17. The number of halogens is 3. The van der Waals surface area contributed by atoms with Gasteiger partial charge in [-0.1, -0.05) is 24.3 Å². The maximum absolute atomic E-state index is 12.5. The van der Waals surface area contributed by atoms with Crippen LogP contribution < -0.4 is 14.2 Å². The second-order valence-corrected chi connectivity index (χ2v) is 7.43. The van der Waals surface area contributed by atoms with Gasteiger partial charge in [-0.25, -0.2) is 0 Å². The normalized spacial score (nSPS) is 10.9. The fraction of sp³-hybridized carbons (Fsp3) is 0.130. The van der Waals surface area contributed by atoms with Crippen LogP contribution in [0.5, 0.6) is 17.2 Å². The van der Waals surface area contributed by atoms with E-state index in [0.29, 0.717) is 18.1 Å². The molecule has 0 aliphatic carbocycles. The molecule has 1 aromatic heterocycles. The summed E-state index contributed by atoms with van der Waals surface area (Å²) in [5.41, 5.74) is 2.16. The molecule has 3 aromatic carbocycles. The SMILES string of the molecule is COc1cc(-c2nnc(-c3cccc(COc4ccccc4Br)c3)o2)ccc1OC(F)F. The van der Waals surface area contributed by atoms with Gasteiger partial charge in [0.15, 0.2) is 11.5 Å². The van der Waals surface area contributed by atoms with Crippen LogP contribution in [0.15, 0.2) is 75.6 Å². The molecule has 32 heavy (non-hydrogen) atoms. The molecule has 0 fully saturated rings. The topological polar surface area (TPSA) is 66.6 Å². The summed E-state index contributed by atoms with van der Waals surface area (Å²) in [4.78, 5) is 0. The Labute approximate surface area is 190 Å². The molecule has 0 atom stereocenters. The fourth-order valence-corrected chi connectivity index (χ4v) is 3.37. The summed E-state index contributed by atoms with van der Waals surface area (Å²) < 4.78 is 47.1. The summed E-state index contributed by atoms with van der Waals surface area (Å²) in [6, 6.07) is 19.6. The molecule has 0 spiro atoms. The van der Waals surface area contributed by atoms with Crippen LogP contribution in [0.4, 0.5) is 8.78 Å². The van der Waals surface area contributed by atoms with Gasteiger partial charge in [-0.15, -0.1) is 10.2 Å². The first-order valence-corrected chi connectivity index (χ1v) is 10.3. The standard InChI is InChI=1S/C23H17BrF2N2O4/c1-29-20-12-16(9-10-19(20)31-23(25)26)22-28-27-21(32-22)15-6-4-5-14(11-15)13-30-18-8-3-2-7-17(18)24/h2-12,23H,13H2,1H3. The summed E-state index contributed by atoms with van der Waals surface area (Å²) in [6.45, 7) is -2.59. The van der Waals surface area contributed by atoms with Crippen LogP contribution in [0, 0.1) is 0 Å². The molecule has 0 aliphatic heterocycles. The molecule has 4 rings (SSSR count). The van der Waals surface area contributed by atoms with Gasteiger partial charge in [-0.2, -0.15) is 8.78 Å². The van der Waals surface area contributed by atoms with Gasteiger partial charge in [0.1, 0.15) is 12.4 Å². The molecule has 164 valence electrons. The van der Waals surface area contributed by atoms with Crippen molar-refractivity contribution in [1.82, 2.24) is 10.2 Å². The van der Waals surface area contributed by atoms with E-state index in [0.717, 1.165) is 21.3 Å². The molecule has 0 N–H and O–H groups in total. The van der Waals surface area contributed by atoms with Crippen molar-refractivity contribution in [3.05, 3.63) is 76.8 Å². The molecule has 6 nitrogen and oxygen atoms in total. The van der Waals surface area contributed by atoms with E-state index in [-0.39, 0.29) is 17.4 Å². The zero-order valence-corrected chi connectivity index (χ0v) is 18.4. The largest absolute Gasteiger partial charge is 0.493 e. The van der Waals surface area contributed by atoms with Crippen molar-refractivity contribution in [3.63, 3.8) is 0 Å². The summed E-state index contributed by atoms with van der Waals surface area (Å²) in [6.07, 6.45) is 0. The van der Waals surface area contributed by atoms with Crippen LogP contribution >= 0.6 is 15.9 Å². The molecule has 9 heteroatoms. The van der Waals surface area contributed by atoms with E-state index in [9.17, 15) is 8.78 Å². The lowest BCUT2D eigenvalue weighted by atomic mass is 10.1. The number of aromatic nitrogens is 2. The Hall–Kier alpha value is -3.46. The van der Waals surface area contributed by atoms with Crippen molar-refractivity contribution in [1.29, 1.82) is 0 Å². The van der Waals surface area contributed by atoms with E-state index in [1.54, 1.807) is 6.07 Å². The fourth-order valence-electron chi connectivity index (χ4n) is 2.97. The Kier molecular flexibility index (Phi) is 6.65. The predicted molar refractivity (Wildman–Crippen MR) is 117 cm³/mol. The van der Waals surface area contributed by atoms with Gasteiger partial charge in [0.2, 0.25) is 11.8 Å². The molecule has 0 saturated carbocycles. The van der Waals surface area contributed by atoms with Crippen molar-refractivity contribution < 1.29 is 27.4 Å². The zero-order chi connectivity index (χ0) is 22.5. The first-order chi connectivity index (χ1) is 15.5. The number of alkyl halides is 2. The highest BCUT2D eigenvalue weighted by Crippen LogP contribution is 2.34. The number of para-hydroxylation sites is 1. The highest BCUT2D eigenvalue weighted by Gasteiger charge is 2.16. The van der Waals surface area contributed by atoms with E-state index >= 15 is 0 Å². The Balaban J connectivity index is 1.52. The number of hydrogen-bond donors (Lipinski definition) is 0. The van der Waals surface area contributed by atoms with Crippen molar-refractivity contribution in [3.8, 4) is 40.2 Å². The van der Waals surface area contributed by atoms with Gasteiger partial charge < -0.3 is 18.6 Å². The van der Waals surface area contributed by atoms with Gasteiger partial charge in [-0.3, -0.25) is 0 Å². The number of rotatable bonds is 8. The van der Waals surface area contributed by atoms with Gasteiger partial charge in [0.25, 0.3) is 0 Å². The van der Waals surface area contributed by atoms with E-state index in [2.05, 4.69) is 30.9 Å². The van der Waals surface area contributed by atoms with Crippen LogP contribution in [0.2, 0.25) is 0 Å². The number of hydrogen-bond acceptors (Lipinski definition) is 6. The molecule has 0 unspecified atom stereocenters. The van der Waals surface area contributed by atoms with E-state index < -0.39 is 6.61 Å². The lowest BCUT2D eigenvalue weighted by molar-refractivity contribution is -0.0512. The third-order valence-electron chi connectivity index (χ3n) is 4.46. The van der Waals surface area contributed by atoms with Crippen LogP contribution in [0.25, 0.3) is 22.9 Å². The van der Waals surface area contributed by atoms with Gasteiger partial charge >= 0.3 is 6.61 Å². The Morgan fingerprint density at radius 1 is 0.875 bits per heavy atom. The Morgan fingerprint density at radius 2 is 1.62 bits per heavy atom. The Bertz CT molecular complexity index is 1220. The molecular formula is C23H17BrF2N2O4. The quantitative estimate of drug-likeness (QED) is 0.279. The molecule has 0 aliphatic rings. The first kappa shape index (κ1) is 21.8. The monoisotopic (exact) mass is 502 g/mol. The number of benzene rings is 3. The smallest absolute Gasteiger partial charge is 0.387 e. The van der Waals surface area contributed by atoms with Gasteiger partial charge in [-0.05, 0) is 64.0 Å². The van der Waals surface area contributed by atoms with Crippen LogP contribution in [0.1, 0.15) is 5.56 Å². The number of ether oxygens (including phenoxy) is 3. The third kappa shape index (κ3) is 5.05. The highest BCUT2D eigenvalue weighted by atomic mass is 79.9. The van der Waals surface area contributed by atoms with E-state index in [4.69, 9.17) is 13.9 Å².